The Morgan fingerprint density at radius 1 is 1.09 bits per heavy atom. The van der Waals surface area contributed by atoms with Crippen molar-refractivity contribution in [3.05, 3.63) is 54.2 Å². The van der Waals surface area contributed by atoms with Crippen LogP contribution in [0.15, 0.2) is 48.5 Å². The lowest BCUT2D eigenvalue weighted by Crippen LogP contribution is -1.91. The zero-order chi connectivity index (χ0) is 15.4. The van der Waals surface area contributed by atoms with Gasteiger partial charge in [-0.3, -0.25) is 0 Å². The first-order valence-electron chi connectivity index (χ1n) is 6.96. The van der Waals surface area contributed by atoms with E-state index in [-0.39, 0.29) is 0 Å². The molecule has 0 saturated carbocycles. The molecular formula is C17H14N4O. The Balaban J connectivity index is 1.92. The summed E-state index contributed by atoms with van der Waals surface area (Å²) in [7, 11) is 0. The molecule has 0 amide bonds. The quantitative estimate of drug-likeness (QED) is 0.799. The standard InChI is InChI=1S/C17H14N4O/c1-2-22-15-5-3-4-14(10-15)12-6-8-13(9-7-12)17-16(11-18)19-21-20-17/h3-10H,2H2,1H3,(H,19,20,21). The largest absolute Gasteiger partial charge is 0.494 e. The van der Waals surface area contributed by atoms with Crippen LogP contribution < -0.4 is 4.74 Å². The SMILES string of the molecule is CCOc1cccc(-c2ccc(-c3nn[nH]c3C#N)cc2)c1. The van der Waals surface area contributed by atoms with Gasteiger partial charge in [0.15, 0.2) is 5.69 Å². The van der Waals surface area contributed by atoms with E-state index >= 15 is 0 Å². The number of nitrogens with one attached hydrogen (secondary N) is 1. The highest BCUT2D eigenvalue weighted by molar-refractivity contribution is 5.71. The Morgan fingerprint density at radius 3 is 2.59 bits per heavy atom. The molecule has 5 heteroatoms. The van der Waals surface area contributed by atoms with Crippen LogP contribution in [0.2, 0.25) is 0 Å². The first-order chi connectivity index (χ1) is 10.8. The van der Waals surface area contributed by atoms with Gasteiger partial charge >= 0.3 is 0 Å². The molecule has 0 aliphatic rings. The maximum atomic E-state index is 9.01. The van der Waals surface area contributed by atoms with Gasteiger partial charge in [-0.15, -0.1) is 5.10 Å². The summed E-state index contributed by atoms with van der Waals surface area (Å²) in [6.45, 7) is 2.61. The van der Waals surface area contributed by atoms with Crippen molar-refractivity contribution in [1.82, 2.24) is 15.4 Å². The van der Waals surface area contributed by atoms with Crippen molar-refractivity contribution < 1.29 is 4.74 Å². The van der Waals surface area contributed by atoms with Gasteiger partial charge in [-0.1, -0.05) is 41.6 Å². The lowest BCUT2D eigenvalue weighted by molar-refractivity contribution is 0.340. The lowest BCUT2D eigenvalue weighted by atomic mass is 10.0. The molecule has 22 heavy (non-hydrogen) atoms. The number of nitriles is 1. The molecule has 1 aromatic heterocycles. The number of aromatic amines is 1. The second-order valence-corrected chi connectivity index (χ2v) is 4.69. The lowest BCUT2D eigenvalue weighted by Gasteiger charge is -2.07. The van der Waals surface area contributed by atoms with E-state index in [0.29, 0.717) is 18.0 Å². The molecule has 0 atom stereocenters. The third-order valence-electron chi connectivity index (χ3n) is 3.30. The fourth-order valence-corrected chi connectivity index (χ4v) is 2.26. The third kappa shape index (κ3) is 2.67. The summed E-state index contributed by atoms with van der Waals surface area (Å²) in [6.07, 6.45) is 0. The molecular weight excluding hydrogens is 276 g/mol. The van der Waals surface area contributed by atoms with Crippen molar-refractivity contribution in [3.8, 4) is 34.2 Å². The number of aromatic nitrogens is 3. The third-order valence-corrected chi connectivity index (χ3v) is 3.30. The molecule has 0 bridgehead atoms. The molecule has 1 heterocycles. The van der Waals surface area contributed by atoms with Gasteiger partial charge in [-0.05, 0) is 30.2 Å². The van der Waals surface area contributed by atoms with Crippen molar-refractivity contribution in [2.24, 2.45) is 0 Å². The minimum absolute atomic E-state index is 0.367. The monoisotopic (exact) mass is 290 g/mol. The molecule has 0 unspecified atom stereocenters. The average molecular weight is 290 g/mol. The molecule has 0 fully saturated rings. The van der Waals surface area contributed by atoms with Crippen LogP contribution in [0.1, 0.15) is 12.6 Å². The Kier molecular flexibility index (Phi) is 3.84. The van der Waals surface area contributed by atoms with Crippen LogP contribution in [0.3, 0.4) is 0 Å². The number of H-pyrrole nitrogens is 1. The van der Waals surface area contributed by atoms with E-state index in [1.807, 2.05) is 61.5 Å². The molecule has 108 valence electrons. The Morgan fingerprint density at radius 2 is 1.86 bits per heavy atom. The van der Waals surface area contributed by atoms with Gasteiger partial charge in [0.05, 0.1) is 6.61 Å². The fraction of sp³-hybridized carbons (Fsp3) is 0.118. The Labute approximate surface area is 128 Å². The van der Waals surface area contributed by atoms with Crippen LogP contribution in [-0.2, 0) is 0 Å². The summed E-state index contributed by atoms with van der Waals surface area (Å²) in [5.74, 6) is 0.854. The fourth-order valence-electron chi connectivity index (χ4n) is 2.26. The van der Waals surface area contributed by atoms with E-state index in [1.165, 1.54) is 0 Å². The average Bonchev–Trinajstić information content (AvgIpc) is 3.04. The zero-order valence-corrected chi connectivity index (χ0v) is 12.1. The maximum Gasteiger partial charge on any atom is 0.163 e. The molecule has 0 spiro atoms. The molecule has 0 aliphatic heterocycles. The molecule has 0 aliphatic carbocycles. The topological polar surface area (TPSA) is 74.6 Å². The Hall–Kier alpha value is -3.13. The Bertz CT molecular complexity index is 815. The summed E-state index contributed by atoms with van der Waals surface area (Å²) in [5.41, 5.74) is 3.95. The first-order valence-corrected chi connectivity index (χ1v) is 6.96. The second-order valence-electron chi connectivity index (χ2n) is 4.69. The van der Waals surface area contributed by atoms with Crippen molar-refractivity contribution in [1.29, 1.82) is 5.26 Å². The van der Waals surface area contributed by atoms with E-state index in [2.05, 4.69) is 15.4 Å². The molecule has 2 aromatic carbocycles. The van der Waals surface area contributed by atoms with E-state index in [0.717, 1.165) is 22.4 Å². The highest BCUT2D eigenvalue weighted by Crippen LogP contribution is 2.27. The molecule has 0 saturated heterocycles. The van der Waals surface area contributed by atoms with Crippen LogP contribution in [0.25, 0.3) is 22.4 Å². The predicted octanol–water partition coefficient (Wildman–Crippen LogP) is 3.41. The minimum Gasteiger partial charge on any atom is -0.494 e. The summed E-state index contributed by atoms with van der Waals surface area (Å²) in [5, 5.41) is 19.2. The van der Waals surface area contributed by atoms with E-state index < -0.39 is 0 Å². The molecule has 1 N–H and O–H groups in total. The number of rotatable bonds is 4. The van der Waals surface area contributed by atoms with Gasteiger partial charge in [-0.2, -0.15) is 5.26 Å². The molecule has 5 nitrogen and oxygen atoms in total. The van der Waals surface area contributed by atoms with Crippen molar-refractivity contribution in [3.63, 3.8) is 0 Å². The predicted molar refractivity (Wildman–Crippen MR) is 83.1 cm³/mol. The number of nitrogens with zero attached hydrogens (tertiary/aromatic N) is 3. The van der Waals surface area contributed by atoms with Crippen LogP contribution >= 0.6 is 0 Å². The van der Waals surface area contributed by atoms with Crippen LogP contribution in [-0.4, -0.2) is 22.0 Å². The minimum atomic E-state index is 0.367. The van der Waals surface area contributed by atoms with E-state index in [9.17, 15) is 0 Å². The van der Waals surface area contributed by atoms with Gasteiger partial charge < -0.3 is 4.74 Å². The number of benzene rings is 2. The molecule has 3 rings (SSSR count). The van der Waals surface area contributed by atoms with Gasteiger partial charge in [0, 0.05) is 5.56 Å². The number of hydrogen-bond donors (Lipinski definition) is 1. The summed E-state index contributed by atoms with van der Waals surface area (Å²) >= 11 is 0. The van der Waals surface area contributed by atoms with Crippen molar-refractivity contribution >= 4 is 0 Å². The molecule has 3 aromatic rings. The normalized spacial score (nSPS) is 10.2. The van der Waals surface area contributed by atoms with Crippen LogP contribution in [0.5, 0.6) is 5.75 Å². The van der Waals surface area contributed by atoms with Crippen molar-refractivity contribution in [2.45, 2.75) is 6.92 Å². The zero-order valence-electron chi connectivity index (χ0n) is 12.1. The number of ether oxygens (including phenoxy) is 1. The second kappa shape index (κ2) is 6.10. The smallest absolute Gasteiger partial charge is 0.163 e. The van der Waals surface area contributed by atoms with Gasteiger partial charge in [0.1, 0.15) is 17.5 Å². The first kappa shape index (κ1) is 13.8. The van der Waals surface area contributed by atoms with Gasteiger partial charge in [-0.25, -0.2) is 5.10 Å². The summed E-state index contributed by atoms with van der Waals surface area (Å²) in [4.78, 5) is 0. The summed E-state index contributed by atoms with van der Waals surface area (Å²) < 4.78 is 5.52. The maximum absolute atomic E-state index is 9.01. The van der Waals surface area contributed by atoms with Crippen LogP contribution in [0, 0.1) is 11.3 Å². The van der Waals surface area contributed by atoms with Crippen molar-refractivity contribution in [2.75, 3.05) is 6.61 Å². The highest BCUT2D eigenvalue weighted by Gasteiger charge is 2.09. The van der Waals surface area contributed by atoms with Gasteiger partial charge in [0.2, 0.25) is 0 Å². The highest BCUT2D eigenvalue weighted by atomic mass is 16.5. The molecule has 0 radical (unpaired) electrons. The summed E-state index contributed by atoms with van der Waals surface area (Å²) in [6, 6.07) is 17.9. The van der Waals surface area contributed by atoms with Crippen LogP contribution in [0.4, 0.5) is 0 Å². The van der Waals surface area contributed by atoms with E-state index in [1.54, 1.807) is 0 Å². The number of hydrogen-bond acceptors (Lipinski definition) is 4. The van der Waals surface area contributed by atoms with E-state index in [4.69, 9.17) is 10.00 Å². The van der Waals surface area contributed by atoms with Gasteiger partial charge in [0.25, 0.3) is 0 Å².